The van der Waals surface area contributed by atoms with E-state index in [0.29, 0.717) is 5.56 Å². The Hall–Kier alpha value is -0.530. The Balaban J connectivity index is 2.47. The highest BCUT2D eigenvalue weighted by Gasteiger charge is 2.54. The summed E-state index contributed by atoms with van der Waals surface area (Å²) < 4.78 is 0.782. The van der Waals surface area contributed by atoms with E-state index >= 15 is 0 Å². The lowest BCUT2D eigenvalue weighted by Crippen LogP contribution is -2.52. The first kappa shape index (κ1) is 13.9. The third-order valence-corrected chi connectivity index (χ3v) is 4.53. The van der Waals surface area contributed by atoms with Crippen molar-refractivity contribution in [1.82, 2.24) is 15.1 Å². The van der Waals surface area contributed by atoms with Crippen molar-refractivity contribution in [2.24, 2.45) is 0 Å². The maximum absolute atomic E-state index is 12.4. The number of hydrogen-bond acceptors (Lipinski definition) is 5. The second-order valence-corrected chi connectivity index (χ2v) is 6.51. The Morgan fingerprint density at radius 1 is 1.28 bits per heavy atom. The van der Waals surface area contributed by atoms with Crippen LogP contribution < -0.4 is 0 Å². The molecule has 1 aliphatic heterocycles. The van der Waals surface area contributed by atoms with Crippen LogP contribution in [-0.4, -0.2) is 31.4 Å². The molecule has 0 aromatic carbocycles. The summed E-state index contributed by atoms with van der Waals surface area (Å²) in [5.41, 5.74) is -0.684. The molecule has 1 aliphatic rings. The number of nitrogens with zero attached hydrogens (tertiary/aromatic N) is 3. The maximum Gasteiger partial charge on any atom is 0.104 e. The van der Waals surface area contributed by atoms with E-state index < -0.39 is 17.2 Å². The Kier molecular flexibility index (Phi) is 3.28. The molecule has 1 atom stereocenters. The minimum Gasteiger partial charge on any atom is -0.783 e. The molecule has 0 spiro atoms. The van der Waals surface area contributed by atoms with E-state index in [1.54, 1.807) is 18.5 Å². The highest BCUT2D eigenvalue weighted by molar-refractivity contribution is 9.10. The average Bonchev–Trinajstić information content (AvgIpc) is 2.38. The molecule has 1 saturated heterocycles. The number of halogens is 1. The number of hydrogen-bond donors (Lipinski definition) is 1. The van der Waals surface area contributed by atoms with Crippen LogP contribution in [0, 0.1) is 5.21 Å². The molecule has 1 aromatic rings. The van der Waals surface area contributed by atoms with Gasteiger partial charge in [0.1, 0.15) is 6.17 Å². The lowest BCUT2D eigenvalue weighted by Gasteiger charge is -2.44. The van der Waals surface area contributed by atoms with Gasteiger partial charge in [0.2, 0.25) is 0 Å². The first-order chi connectivity index (χ1) is 8.19. The van der Waals surface area contributed by atoms with Gasteiger partial charge in [-0.25, -0.2) is 0 Å². The fourth-order valence-electron chi connectivity index (χ4n) is 2.11. The molecule has 18 heavy (non-hydrogen) atoms. The third kappa shape index (κ3) is 1.80. The molecule has 5 nitrogen and oxygen atoms in total. The Labute approximate surface area is 115 Å². The number of hydroxylamine groups is 4. The van der Waals surface area contributed by atoms with Gasteiger partial charge < -0.3 is 15.5 Å². The molecule has 0 saturated carbocycles. The van der Waals surface area contributed by atoms with Crippen LogP contribution in [0.5, 0.6) is 0 Å². The molecule has 0 radical (unpaired) electrons. The van der Waals surface area contributed by atoms with Crippen LogP contribution in [0.4, 0.5) is 0 Å². The minimum atomic E-state index is -0.736. The quantitative estimate of drug-likeness (QED) is 0.863. The predicted octanol–water partition coefficient (Wildman–Crippen LogP) is 2.90. The van der Waals surface area contributed by atoms with Gasteiger partial charge in [-0.2, -0.15) is 5.06 Å². The molecule has 1 aromatic heterocycles. The number of rotatable bonds is 1. The molecule has 0 aliphatic carbocycles. The largest absolute Gasteiger partial charge is 0.783 e. The van der Waals surface area contributed by atoms with Gasteiger partial charge in [-0.05, 0) is 49.7 Å². The van der Waals surface area contributed by atoms with Crippen molar-refractivity contribution >= 4 is 15.9 Å². The van der Waals surface area contributed by atoms with E-state index in [1.807, 2.05) is 27.7 Å². The molecule has 6 heteroatoms. The van der Waals surface area contributed by atoms with Gasteiger partial charge in [0.15, 0.2) is 0 Å². The van der Waals surface area contributed by atoms with Crippen molar-refractivity contribution in [3.63, 3.8) is 0 Å². The van der Waals surface area contributed by atoms with Crippen molar-refractivity contribution in [2.75, 3.05) is 0 Å². The van der Waals surface area contributed by atoms with E-state index in [4.69, 9.17) is 0 Å². The van der Waals surface area contributed by atoms with Crippen LogP contribution in [0.1, 0.15) is 39.4 Å². The fraction of sp³-hybridized carbons (Fsp3) is 0.583. The summed E-state index contributed by atoms with van der Waals surface area (Å²) in [7, 11) is 0. The normalized spacial score (nSPS) is 27.6. The summed E-state index contributed by atoms with van der Waals surface area (Å²) in [6.07, 6.45) is 2.51. The zero-order chi connectivity index (χ0) is 13.7. The molecule has 0 amide bonds. The summed E-state index contributed by atoms with van der Waals surface area (Å²) in [5, 5.41) is 24.8. The topological polar surface area (TPSA) is 62.7 Å². The van der Waals surface area contributed by atoms with Crippen LogP contribution in [0.2, 0.25) is 0 Å². The molecular formula is C12H17BrN3O2-. The third-order valence-electron chi connectivity index (χ3n) is 4.10. The van der Waals surface area contributed by atoms with Crippen molar-refractivity contribution in [2.45, 2.75) is 44.9 Å². The Bertz CT molecular complexity index is 444. The van der Waals surface area contributed by atoms with E-state index in [2.05, 4.69) is 20.9 Å². The SMILES string of the molecule is CC1(C)N([O-])C(c2cncc(Br)c2)N(O)C1(C)C. The van der Waals surface area contributed by atoms with E-state index in [1.165, 1.54) is 0 Å². The van der Waals surface area contributed by atoms with E-state index in [-0.39, 0.29) is 0 Å². The molecule has 1 N–H and O–H groups in total. The standard InChI is InChI=1S/C12H17BrN3O2/c1-11(2)12(3,4)16(18)10(15(11)17)8-5-9(13)7-14-6-8/h5-7,10,17H,1-4H3/q-1. The lowest BCUT2D eigenvalue weighted by atomic mass is 9.84. The first-order valence-electron chi connectivity index (χ1n) is 5.74. The second-order valence-electron chi connectivity index (χ2n) is 5.60. The summed E-state index contributed by atoms with van der Waals surface area (Å²) >= 11 is 3.32. The smallest absolute Gasteiger partial charge is 0.104 e. The van der Waals surface area contributed by atoms with Crippen LogP contribution in [0.15, 0.2) is 22.9 Å². The average molecular weight is 315 g/mol. The first-order valence-corrected chi connectivity index (χ1v) is 6.54. The van der Waals surface area contributed by atoms with Gasteiger partial charge in [-0.3, -0.25) is 4.98 Å². The van der Waals surface area contributed by atoms with Crippen molar-refractivity contribution in [3.05, 3.63) is 33.7 Å². The molecule has 1 fully saturated rings. The highest BCUT2D eigenvalue weighted by Crippen LogP contribution is 2.47. The van der Waals surface area contributed by atoms with Crippen LogP contribution in [-0.2, 0) is 0 Å². The second kappa shape index (κ2) is 4.25. The molecule has 100 valence electrons. The summed E-state index contributed by atoms with van der Waals surface area (Å²) in [6, 6.07) is 1.79. The number of pyridine rings is 1. The fourth-order valence-corrected chi connectivity index (χ4v) is 2.49. The van der Waals surface area contributed by atoms with Crippen LogP contribution in [0.3, 0.4) is 0 Å². The van der Waals surface area contributed by atoms with Crippen LogP contribution >= 0.6 is 15.9 Å². The van der Waals surface area contributed by atoms with E-state index in [0.717, 1.165) is 14.6 Å². The summed E-state index contributed by atoms with van der Waals surface area (Å²) in [4.78, 5) is 4.04. The van der Waals surface area contributed by atoms with Gasteiger partial charge in [-0.1, -0.05) is 0 Å². The van der Waals surface area contributed by atoms with Crippen molar-refractivity contribution < 1.29 is 5.21 Å². The monoisotopic (exact) mass is 314 g/mol. The van der Waals surface area contributed by atoms with Gasteiger partial charge in [0.25, 0.3) is 0 Å². The summed E-state index contributed by atoms with van der Waals surface area (Å²) in [5.74, 6) is 0. The maximum atomic E-state index is 12.4. The Morgan fingerprint density at radius 2 is 1.89 bits per heavy atom. The van der Waals surface area contributed by atoms with E-state index in [9.17, 15) is 10.4 Å². The zero-order valence-corrected chi connectivity index (χ0v) is 12.5. The molecule has 2 heterocycles. The highest BCUT2D eigenvalue weighted by atomic mass is 79.9. The molecule has 1 unspecified atom stereocenters. The van der Waals surface area contributed by atoms with Gasteiger partial charge >= 0.3 is 0 Å². The number of aromatic nitrogens is 1. The van der Waals surface area contributed by atoms with Crippen molar-refractivity contribution in [3.8, 4) is 0 Å². The lowest BCUT2D eigenvalue weighted by molar-refractivity contribution is -0.178. The molecular weight excluding hydrogens is 298 g/mol. The predicted molar refractivity (Wildman–Crippen MR) is 71.7 cm³/mol. The minimum absolute atomic E-state index is 0.651. The summed E-state index contributed by atoms with van der Waals surface area (Å²) in [6.45, 7) is 7.36. The Morgan fingerprint density at radius 3 is 2.33 bits per heavy atom. The van der Waals surface area contributed by atoms with Gasteiger partial charge in [-0.15, -0.1) is 0 Å². The zero-order valence-electron chi connectivity index (χ0n) is 10.9. The van der Waals surface area contributed by atoms with Crippen molar-refractivity contribution in [1.29, 1.82) is 0 Å². The van der Waals surface area contributed by atoms with Gasteiger partial charge in [0, 0.05) is 28.0 Å². The van der Waals surface area contributed by atoms with Crippen LogP contribution in [0.25, 0.3) is 0 Å². The molecule has 2 rings (SSSR count). The van der Waals surface area contributed by atoms with Gasteiger partial charge in [0.05, 0.1) is 5.54 Å². The molecule has 0 bridgehead atoms.